The van der Waals surface area contributed by atoms with Crippen LogP contribution < -0.4 is 14.9 Å². The second-order valence-corrected chi connectivity index (χ2v) is 7.34. The molecule has 0 spiro atoms. The van der Waals surface area contributed by atoms with E-state index in [1.54, 1.807) is 0 Å². The lowest BCUT2D eigenvalue weighted by atomic mass is 10.2. The molecule has 30 heavy (non-hydrogen) atoms. The number of amides is 1. The van der Waals surface area contributed by atoms with E-state index in [1.165, 1.54) is 18.3 Å². The summed E-state index contributed by atoms with van der Waals surface area (Å²) >= 11 is 17.8. The molecule has 0 aliphatic rings. The van der Waals surface area contributed by atoms with Gasteiger partial charge in [-0.25, -0.2) is 5.43 Å². The molecule has 0 aliphatic carbocycles. The predicted octanol–water partition coefficient (Wildman–Crippen LogP) is 5.75. The van der Waals surface area contributed by atoms with Crippen molar-refractivity contribution in [1.29, 1.82) is 0 Å². The fourth-order valence-corrected chi connectivity index (χ4v) is 2.95. The largest absolute Gasteiger partial charge is 0.489 e. The van der Waals surface area contributed by atoms with Crippen molar-refractivity contribution < 1.29 is 14.3 Å². The van der Waals surface area contributed by atoms with Crippen LogP contribution >= 0.6 is 34.8 Å². The first-order valence-corrected chi connectivity index (χ1v) is 10.0. The number of ether oxygens (including phenoxy) is 2. The first kappa shape index (κ1) is 22.0. The van der Waals surface area contributed by atoms with Crippen LogP contribution in [-0.2, 0) is 11.4 Å². The van der Waals surface area contributed by atoms with E-state index in [1.807, 2.05) is 54.6 Å². The average Bonchev–Trinajstić information content (AvgIpc) is 2.75. The minimum Gasteiger partial charge on any atom is -0.489 e. The second kappa shape index (κ2) is 10.9. The maximum atomic E-state index is 11.9. The Morgan fingerprint density at radius 2 is 1.60 bits per heavy atom. The molecule has 1 amide bonds. The van der Waals surface area contributed by atoms with Gasteiger partial charge in [0.2, 0.25) is 0 Å². The Bertz CT molecular complexity index is 1030. The van der Waals surface area contributed by atoms with Crippen LogP contribution in [0.5, 0.6) is 11.5 Å². The van der Waals surface area contributed by atoms with Crippen LogP contribution in [0.4, 0.5) is 0 Å². The number of hydrogen-bond acceptors (Lipinski definition) is 4. The van der Waals surface area contributed by atoms with E-state index < -0.39 is 5.91 Å². The summed E-state index contributed by atoms with van der Waals surface area (Å²) in [4.78, 5) is 11.9. The number of benzene rings is 3. The minimum absolute atomic E-state index is 0.260. The van der Waals surface area contributed by atoms with E-state index >= 15 is 0 Å². The van der Waals surface area contributed by atoms with Crippen molar-refractivity contribution in [2.24, 2.45) is 5.10 Å². The molecule has 0 saturated heterocycles. The first-order chi connectivity index (χ1) is 14.5. The van der Waals surface area contributed by atoms with Crippen LogP contribution in [-0.4, -0.2) is 18.7 Å². The molecule has 0 heterocycles. The molecule has 5 nitrogen and oxygen atoms in total. The molecule has 3 aromatic carbocycles. The molecule has 3 rings (SSSR count). The van der Waals surface area contributed by atoms with Gasteiger partial charge < -0.3 is 9.47 Å². The molecule has 0 saturated carbocycles. The highest BCUT2D eigenvalue weighted by Crippen LogP contribution is 2.33. The van der Waals surface area contributed by atoms with Crippen LogP contribution in [0.2, 0.25) is 15.1 Å². The molecule has 8 heteroatoms. The zero-order chi connectivity index (χ0) is 21.3. The highest BCUT2D eigenvalue weighted by molar-refractivity contribution is 6.43. The third kappa shape index (κ3) is 6.66. The summed E-state index contributed by atoms with van der Waals surface area (Å²) in [6, 6.07) is 20.1. The number of nitrogens with zero attached hydrogens (tertiary/aromatic N) is 1. The molecule has 0 aromatic heterocycles. The van der Waals surface area contributed by atoms with E-state index in [0.717, 1.165) is 16.9 Å². The monoisotopic (exact) mass is 462 g/mol. The van der Waals surface area contributed by atoms with E-state index in [4.69, 9.17) is 44.3 Å². The lowest BCUT2D eigenvalue weighted by Gasteiger charge is -2.08. The Morgan fingerprint density at radius 3 is 2.33 bits per heavy atom. The van der Waals surface area contributed by atoms with E-state index in [9.17, 15) is 4.79 Å². The lowest BCUT2D eigenvalue weighted by Crippen LogP contribution is -2.24. The Kier molecular flexibility index (Phi) is 7.97. The zero-order valence-corrected chi connectivity index (χ0v) is 17.9. The number of hydrazone groups is 1. The summed E-state index contributed by atoms with van der Waals surface area (Å²) in [6.45, 7) is 0.217. The molecular formula is C22H17Cl3N2O3. The molecular weight excluding hydrogens is 447 g/mol. The highest BCUT2D eigenvalue weighted by atomic mass is 35.5. The number of hydrogen-bond donors (Lipinski definition) is 1. The van der Waals surface area contributed by atoms with Crippen LogP contribution in [0.15, 0.2) is 71.8 Å². The van der Waals surface area contributed by atoms with Gasteiger partial charge in [-0.05, 0) is 41.5 Å². The first-order valence-electron chi connectivity index (χ1n) is 8.87. The van der Waals surface area contributed by atoms with Crippen LogP contribution in [0.25, 0.3) is 0 Å². The SMILES string of the molecule is O=C(COc1cc(Cl)c(Cl)cc1Cl)NN=Cc1ccc(OCc2ccccc2)cc1. The van der Waals surface area contributed by atoms with Crippen molar-refractivity contribution in [2.75, 3.05) is 6.61 Å². The zero-order valence-electron chi connectivity index (χ0n) is 15.6. The molecule has 0 fully saturated rings. The van der Waals surface area contributed by atoms with Gasteiger partial charge in [-0.2, -0.15) is 5.10 Å². The third-order valence-corrected chi connectivity index (χ3v) is 4.88. The fourth-order valence-electron chi connectivity index (χ4n) is 2.36. The van der Waals surface area contributed by atoms with Crippen LogP contribution in [0, 0.1) is 0 Å². The summed E-state index contributed by atoms with van der Waals surface area (Å²) in [5.41, 5.74) is 4.27. The van der Waals surface area contributed by atoms with E-state index in [-0.39, 0.29) is 22.4 Å². The van der Waals surface area contributed by atoms with Crippen LogP contribution in [0.3, 0.4) is 0 Å². The Hall–Kier alpha value is -2.73. The number of halogens is 3. The maximum Gasteiger partial charge on any atom is 0.277 e. The molecule has 0 atom stereocenters. The van der Waals surface area contributed by atoms with Crippen molar-refractivity contribution in [2.45, 2.75) is 6.61 Å². The van der Waals surface area contributed by atoms with Crippen LogP contribution in [0.1, 0.15) is 11.1 Å². The van der Waals surface area contributed by atoms with Gasteiger partial charge in [-0.15, -0.1) is 0 Å². The standard InChI is InChI=1S/C22H17Cl3N2O3/c23-18-10-20(25)21(11-19(18)24)30-14-22(28)27-26-12-15-6-8-17(9-7-15)29-13-16-4-2-1-3-5-16/h1-12H,13-14H2,(H,27,28). The van der Waals surface area contributed by atoms with Crippen molar-refractivity contribution in [3.05, 3.63) is 92.9 Å². The summed E-state index contributed by atoms with van der Waals surface area (Å²) < 4.78 is 11.1. The number of nitrogens with one attached hydrogen (secondary N) is 1. The number of carbonyl (C=O) groups is 1. The summed E-state index contributed by atoms with van der Waals surface area (Å²) in [7, 11) is 0. The molecule has 0 unspecified atom stereocenters. The van der Waals surface area contributed by atoms with Gasteiger partial charge in [-0.3, -0.25) is 4.79 Å². The molecule has 154 valence electrons. The van der Waals surface area contributed by atoms with Gasteiger partial charge in [0, 0.05) is 6.07 Å². The van der Waals surface area contributed by atoms with E-state index in [0.29, 0.717) is 11.6 Å². The molecule has 1 N–H and O–H groups in total. The van der Waals surface area contributed by atoms with Gasteiger partial charge in [0.1, 0.15) is 18.1 Å². The summed E-state index contributed by atoms with van der Waals surface area (Å²) in [6.07, 6.45) is 1.52. The summed E-state index contributed by atoms with van der Waals surface area (Å²) in [5.74, 6) is 0.555. The number of carbonyl (C=O) groups excluding carboxylic acids is 1. The number of rotatable bonds is 8. The van der Waals surface area contributed by atoms with Gasteiger partial charge in [0.15, 0.2) is 6.61 Å². The minimum atomic E-state index is -0.448. The normalized spacial score (nSPS) is 10.8. The molecule has 3 aromatic rings. The molecule has 0 radical (unpaired) electrons. The Balaban J connectivity index is 1.44. The van der Waals surface area contributed by atoms with Gasteiger partial charge in [0.25, 0.3) is 5.91 Å². The predicted molar refractivity (Wildman–Crippen MR) is 120 cm³/mol. The Labute approximate surface area is 189 Å². The Morgan fingerprint density at radius 1 is 0.900 bits per heavy atom. The summed E-state index contributed by atoms with van der Waals surface area (Å²) in [5, 5.41) is 4.75. The highest BCUT2D eigenvalue weighted by Gasteiger charge is 2.09. The second-order valence-electron chi connectivity index (χ2n) is 6.12. The van der Waals surface area contributed by atoms with Crippen molar-refractivity contribution in [1.82, 2.24) is 5.43 Å². The van der Waals surface area contributed by atoms with Gasteiger partial charge in [0.05, 0.1) is 21.3 Å². The van der Waals surface area contributed by atoms with Crippen molar-refractivity contribution in [3.63, 3.8) is 0 Å². The molecule has 0 bridgehead atoms. The maximum absolute atomic E-state index is 11.9. The topological polar surface area (TPSA) is 59.9 Å². The van der Waals surface area contributed by atoms with Gasteiger partial charge in [-0.1, -0.05) is 65.1 Å². The molecule has 0 aliphatic heterocycles. The van der Waals surface area contributed by atoms with Crippen molar-refractivity contribution >= 4 is 46.9 Å². The average molecular weight is 464 g/mol. The quantitative estimate of drug-likeness (QED) is 0.263. The van der Waals surface area contributed by atoms with E-state index in [2.05, 4.69) is 10.5 Å². The smallest absolute Gasteiger partial charge is 0.277 e. The lowest BCUT2D eigenvalue weighted by molar-refractivity contribution is -0.123. The van der Waals surface area contributed by atoms with Crippen molar-refractivity contribution in [3.8, 4) is 11.5 Å². The van der Waals surface area contributed by atoms with Gasteiger partial charge >= 0.3 is 0 Å². The third-order valence-electron chi connectivity index (χ3n) is 3.86. The fraction of sp³-hybridized carbons (Fsp3) is 0.0909.